The van der Waals surface area contributed by atoms with Gasteiger partial charge in [-0.05, 0) is 19.3 Å². The first kappa shape index (κ1) is 17.9. The molecule has 0 aliphatic rings. The number of unbranched alkanes of at least 4 members (excludes halogenated alkanes) is 1. The number of hydrogen-bond donors (Lipinski definition) is 2. The SMILES string of the molecule is CC(C)CCCCNS(=O)(=O)C(C)CNC(C)C. The Balaban J connectivity index is 3.85. The van der Waals surface area contributed by atoms with Crippen molar-refractivity contribution in [3.63, 3.8) is 0 Å². The normalized spacial score (nSPS) is 14.4. The van der Waals surface area contributed by atoms with Crippen LogP contribution in [0, 0.1) is 5.92 Å². The van der Waals surface area contributed by atoms with Crippen LogP contribution in [-0.4, -0.2) is 32.8 Å². The van der Waals surface area contributed by atoms with Crippen molar-refractivity contribution in [1.82, 2.24) is 10.0 Å². The van der Waals surface area contributed by atoms with E-state index in [4.69, 9.17) is 0 Å². The van der Waals surface area contributed by atoms with E-state index in [0.717, 1.165) is 19.3 Å². The third-order valence-corrected chi connectivity index (χ3v) is 4.69. The molecule has 110 valence electrons. The summed E-state index contributed by atoms with van der Waals surface area (Å²) in [5.41, 5.74) is 0. The van der Waals surface area contributed by atoms with Crippen LogP contribution in [0.25, 0.3) is 0 Å². The summed E-state index contributed by atoms with van der Waals surface area (Å²) in [6, 6.07) is 0.314. The summed E-state index contributed by atoms with van der Waals surface area (Å²) in [7, 11) is -3.17. The first-order chi connectivity index (χ1) is 8.25. The summed E-state index contributed by atoms with van der Waals surface area (Å²) >= 11 is 0. The molecule has 0 amide bonds. The maximum atomic E-state index is 11.9. The molecule has 0 spiro atoms. The zero-order valence-corrected chi connectivity index (χ0v) is 13.3. The second kappa shape index (κ2) is 8.88. The summed E-state index contributed by atoms with van der Waals surface area (Å²) in [5, 5.41) is 2.76. The van der Waals surface area contributed by atoms with Crippen molar-refractivity contribution in [2.24, 2.45) is 5.92 Å². The average molecular weight is 278 g/mol. The monoisotopic (exact) mass is 278 g/mol. The first-order valence-electron chi connectivity index (χ1n) is 6.97. The molecule has 0 aromatic heterocycles. The maximum Gasteiger partial charge on any atom is 0.215 e. The fourth-order valence-corrected chi connectivity index (χ4v) is 2.57. The Bertz CT molecular complexity index is 300. The van der Waals surface area contributed by atoms with Gasteiger partial charge in [0.05, 0.1) is 5.25 Å². The smallest absolute Gasteiger partial charge is 0.215 e. The lowest BCUT2D eigenvalue weighted by atomic mass is 10.1. The highest BCUT2D eigenvalue weighted by Crippen LogP contribution is 2.06. The molecule has 18 heavy (non-hydrogen) atoms. The maximum absolute atomic E-state index is 11.9. The molecule has 1 unspecified atom stereocenters. The summed E-state index contributed by atoms with van der Waals surface area (Å²) in [6.07, 6.45) is 3.16. The zero-order valence-electron chi connectivity index (χ0n) is 12.5. The summed E-state index contributed by atoms with van der Waals surface area (Å²) in [4.78, 5) is 0. The molecule has 0 fully saturated rings. The van der Waals surface area contributed by atoms with Gasteiger partial charge in [0.15, 0.2) is 0 Å². The predicted molar refractivity (Wildman–Crippen MR) is 78.2 cm³/mol. The van der Waals surface area contributed by atoms with E-state index in [0.29, 0.717) is 25.0 Å². The van der Waals surface area contributed by atoms with E-state index in [9.17, 15) is 8.42 Å². The molecule has 0 heterocycles. The van der Waals surface area contributed by atoms with Gasteiger partial charge in [-0.2, -0.15) is 0 Å². The molecule has 0 aromatic rings. The van der Waals surface area contributed by atoms with Gasteiger partial charge in [0.1, 0.15) is 0 Å². The van der Waals surface area contributed by atoms with E-state index in [1.165, 1.54) is 0 Å². The predicted octanol–water partition coefficient (Wildman–Crippen LogP) is 2.12. The minimum absolute atomic E-state index is 0.314. The van der Waals surface area contributed by atoms with Gasteiger partial charge in [0, 0.05) is 19.1 Å². The van der Waals surface area contributed by atoms with Gasteiger partial charge in [0.2, 0.25) is 10.0 Å². The van der Waals surface area contributed by atoms with Gasteiger partial charge < -0.3 is 5.32 Å². The van der Waals surface area contributed by atoms with E-state index in [1.54, 1.807) is 6.92 Å². The van der Waals surface area contributed by atoms with Crippen LogP contribution < -0.4 is 10.0 Å². The molecule has 0 radical (unpaired) electrons. The highest BCUT2D eigenvalue weighted by atomic mass is 32.2. The summed E-state index contributed by atoms with van der Waals surface area (Å²) in [5.74, 6) is 0.691. The Morgan fingerprint density at radius 2 is 1.61 bits per heavy atom. The molecular formula is C13H30N2O2S. The number of hydrogen-bond acceptors (Lipinski definition) is 3. The topological polar surface area (TPSA) is 58.2 Å². The van der Waals surface area contributed by atoms with Crippen molar-refractivity contribution < 1.29 is 8.42 Å². The van der Waals surface area contributed by atoms with E-state index >= 15 is 0 Å². The van der Waals surface area contributed by atoms with Gasteiger partial charge in [0.25, 0.3) is 0 Å². The van der Waals surface area contributed by atoms with Crippen LogP contribution >= 0.6 is 0 Å². The van der Waals surface area contributed by atoms with Crippen LogP contribution in [0.3, 0.4) is 0 Å². The molecule has 0 saturated carbocycles. The highest BCUT2D eigenvalue weighted by Gasteiger charge is 2.19. The molecule has 0 saturated heterocycles. The zero-order chi connectivity index (χ0) is 14.2. The van der Waals surface area contributed by atoms with Crippen LogP contribution in [0.5, 0.6) is 0 Å². The Labute approximate surface area is 113 Å². The molecule has 0 bridgehead atoms. The van der Waals surface area contributed by atoms with E-state index < -0.39 is 10.0 Å². The van der Waals surface area contributed by atoms with E-state index in [1.807, 2.05) is 13.8 Å². The molecule has 4 nitrogen and oxygen atoms in total. The first-order valence-corrected chi connectivity index (χ1v) is 8.52. The lowest BCUT2D eigenvalue weighted by molar-refractivity contribution is 0.522. The number of nitrogens with one attached hydrogen (secondary N) is 2. The highest BCUT2D eigenvalue weighted by molar-refractivity contribution is 7.90. The molecule has 0 rings (SSSR count). The van der Waals surface area contributed by atoms with Crippen LogP contribution in [0.4, 0.5) is 0 Å². The number of rotatable bonds is 10. The van der Waals surface area contributed by atoms with Gasteiger partial charge >= 0.3 is 0 Å². The minimum Gasteiger partial charge on any atom is -0.313 e. The van der Waals surface area contributed by atoms with E-state index in [2.05, 4.69) is 23.9 Å². The standard InChI is InChI=1S/C13H30N2O2S/c1-11(2)8-6-7-9-15-18(16,17)13(5)10-14-12(3)4/h11-15H,6-10H2,1-5H3. The lowest BCUT2D eigenvalue weighted by Crippen LogP contribution is -2.41. The van der Waals surface area contributed by atoms with Crippen molar-refractivity contribution in [2.45, 2.75) is 65.2 Å². The molecule has 1 atom stereocenters. The molecule has 0 aromatic carbocycles. The molecular weight excluding hydrogens is 248 g/mol. The second-order valence-electron chi connectivity index (χ2n) is 5.70. The van der Waals surface area contributed by atoms with Crippen LogP contribution in [0.1, 0.15) is 53.9 Å². The third-order valence-electron chi connectivity index (χ3n) is 2.85. The average Bonchev–Trinajstić information content (AvgIpc) is 2.24. The lowest BCUT2D eigenvalue weighted by Gasteiger charge is -2.16. The van der Waals surface area contributed by atoms with Crippen molar-refractivity contribution in [3.05, 3.63) is 0 Å². The third kappa shape index (κ3) is 8.89. The van der Waals surface area contributed by atoms with Gasteiger partial charge in [-0.1, -0.05) is 40.5 Å². The van der Waals surface area contributed by atoms with Crippen molar-refractivity contribution >= 4 is 10.0 Å². The molecule has 5 heteroatoms. The second-order valence-corrected chi connectivity index (χ2v) is 7.89. The van der Waals surface area contributed by atoms with E-state index in [-0.39, 0.29) is 5.25 Å². The minimum atomic E-state index is -3.17. The largest absolute Gasteiger partial charge is 0.313 e. The molecule has 0 aliphatic heterocycles. The molecule has 0 aliphatic carbocycles. The summed E-state index contributed by atoms with van der Waals surface area (Å²) in [6.45, 7) is 11.2. The fourth-order valence-electron chi connectivity index (χ4n) is 1.55. The van der Waals surface area contributed by atoms with Crippen molar-refractivity contribution in [1.29, 1.82) is 0 Å². The Morgan fingerprint density at radius 3 is 2.11 bits per heavy atom. The quantitative estimate of drug-likeness (QED) is 0.602. The molecule has 2 N–H and O–H groups in total. The fraction of sp³-hybridized carbons (Fsp3) is 1.00. The van der Waals surface area contributed by atoms with Gasteiger partial charge in [-0.25, -0.2) is 13.1 Å². The summed E-state index contributed by atoms with van der Waals surface area (Å²) < 4.78 is 26.5. The van der Waals surface area contributed by atoms with Crippen molar-refractivity contribution in [3.8, 4) is 0 Å². The van der Waals surface area contributed by atoms with Crippen molar-refractivity contribution in [2.75, 3.05) is 13.1 Å². The Morgan fingerprint density at radius 1 is 1.00 bits per heavy atom. The van der Waals surface area contributed by atoms with Crippen LogP contribution in [0.15, 0.2) is 0 Å². The van der Waals surface area contributed by atoms with Crippen LogP contribution in [0.2, 0.25) is 0 Å². The Hall–Kier alpha value is -0.130. The van der Waals surface area contributed by atoms with Crippen LogP contribution in [-0.2, 0) is 10.0 Å². The van der Waals surface area contributed by atoms with Gasteiger partial charge in [-0.3, -0.25) is 0 Å². The van der Waals surface area contributed by atoms with Gasteiger partial charge in [-0.15, -0.1) is 0 Å². The number of sulfonamides is 1. The Kier molecular flexibility index (Phi) is 8.82.